The molecule has 0 aliphatic carbocycles. The minimum Gasteiger partial charge on any atom is -0.452 e. The first-order valence-corrected chi connectivity index (χ1v) is 8.10. The first-order valence-electron chi connectivity index (χ1n) is 7.72. The van der Waals surface area contributed by atoms with Gasteiger partial charge in [-0.3, -0.25) is 9.59 Å². The quantitative estimate of drug-likeness (QED) is 0.686. The zero-order valence-electron chi connectivity index (χ0n) is 13.7. The van der Waals surface area contributed by atoms with E-state index in [1.807, 2.05) is 0 Å². The predicted molar refractivity (Wildman–Crippen MR) is 93.3 cm³/mol. The van der Waals surface area contributed by atoms with Crippen molar-refractivity contribution in [1.29, 1.82) is 0 Å². The highest BCUT2D eigenvalue weighted by Gasteiger charge is 2.20. The summed E-state index contributed by atoms with van der Waals surface area (Å²) in [5.41, 5.74) is 1.30. The molecule has 1 heterocycles. The molecule has 1 N–H and O–H groups in total. The molecule has 1 atom stereocenters. The molecule has 0 bridgehead atoms. The second-order valence-corrected chi connectivity index (χ2v) is 5.96. The fraction of sp³-hybridized carbons (Fsp3) is 0.167. The number of carbonyl (C=O) groups excluding carboxylic acids is 2. The zero-order valence-corrected chi connectivity index (χ0v) is 14.4. The Kier molecular flexibility index (Phi) is 5.18. The number of amides is 1. The van der Waals surface area contributed by atoms with Crippen LogP contribution in [-0.4, -0.2) is 23.1 Å². The number of halogens is 2. The van der Waals surface area contributed by atoms with Gasteiger partial charge in [0, 0.05) is 11.1 Å². The van der Waals surface area contributed by atoms with E-state index in [1.54, 1.807) is 24.3 Å². The Balaban J connectivity index is 1.59. The highest BCUT2D eigenvalue weighted by Crippen LogP contribution is 2.20. The molecule has 0 aliphatic rings. The third kappa shape index (κ3) is 4.00. The van der Waals surface area contributed by atoms with Crippen LogP contribution in [-0.2, 0) is 20.7 Å². The number of anilines is 1. The number of nitrogens with zero attached hydrogens (tertiary/aromatic N) is 1. The number of carbonyl (C=O) groups is 2. The van der Waals surface area contributed by atoms with E-state index in [-0.39, 0.29) is 11.4 Å². The molecule has 3 aromatic rings. The van der Waals surface area contributed by atoms with Crippen LogP contribution in [0.1, 0.15) is 12.6 Å². The molecule has 0 fully saturated rings. The standard InChI is InChI=1S/C18H14ClFN2O4/c1-10(18(24)21-11-6-7-14(20)13(19)8-11)25-17(23)9-15-12-4-2-3-5-16(12)26-22-15/h2-8,10H,9H2,1H3,(H,21,24)/t10-/m0/s1. The van der Waals surface area contributed by atoms with Gasteiger partial charge in [0.15, 0.2) is 11.7 Å². The molecule has 1 amide bonds. The summed E-state index contributed by atoms with van der Waals surface area (Å²) in [4.78, 5) is 24.2. The summed E-state index contributed by atoms with van der Waals surface area (Å²) < 4.78 is 23.4. The van der Waals surface area contributed by atoms with Gasteiger partial charge in [-0.25, -0.2) is 4.39 Å². The van der Waals surface area contributed by atoms with Crippen molar-refractivity contribution in [3.05, 3.63) is 59.0 Å². The number of nitrogens with one attached hydrogen (secondary N) is 1. The van der Waals surface area contributed by atoms with Crippen LogP contribution in [0.5, 0.6) is 0 Å². The number of para-hydroxylation sites is 1. The van der Waals surface area contributed by atoms with Crippen LogP contribution in [0, 0.1) is 5.82 Å². The lowest BCUT2D eigenvalue weighted by Crippen LogP contribution is -2.30. The first-order chi connectivity index (χ1) is 12.4. The van der Waals surface area contributed by atoms with Gasteiger partial charge in [-0.05, 0) is 37.3 Å². The lowest BCUT2D eigenvalue weighted by Gasteiger charge is -2.13. The average molecular weight is 377 g/mol. The highest BCUT2D eigenvalue weighted by atomic mass is 35.5. The van der Waals surface area contributed by atoms with E-state index < -0.39 is 23.8 Å². The molecular weight excluding hydrogens is 363 g/mol. The molecule has 26 heavy (non-hydrogen) atoms. The Morgan fingerprint density at radius 1 is 1.31 bits per heavy atom. The number of hydrogen-bond donors (Lipinski definition) is 1. The summed E-state index contributed by atoms with van der Waals surface area (Å²) in [6.45, 7) is 1.43. The minimum absolute atomic E-state index is 0.120. The molecule has 134 valence electrons. The summed E-state index contributed by atoms with van der Waals surface area (Å²) in [5, 5.41) is 6.94. The van der Waals surface area contributed by atoms with Crippen LogP contribution in [0.15, 0.2) is 47.0 Å². The van der Waals surface area contributed by atoms with Gasteiger partial charge in [0.1, 0.15) is 11.5 Å². The topological polar surface area (TPSA) is 81.4 Å². The summed E-state index contributed by atoms with van der Waals surface area (Å²) >= 11 is 5.66. The highest BCUT2D eigenvalue weighted by molar-refractivity contribution is 6.31. The average Bonchev–Trinajstić information content (AvgIpc) is 3.01. The van der Waals surface area contributed by atoms with Crippen molar-refractivity contribution < 1.29 is 23.2 Å². The van der Waals surface area contributed by atoms with E-state index in [2.05, 4.69) is 10.5 Å². The summed E-state index contributed by atoms with van der Waals surface area (Å²) in [6.07, 6.45) is -1.18. The van der Waals surface area contributed by atoms with Crippen LogP contribution in [0.2, 0.25) is 5.02 Å². The molecular formula is C18H14ClFN2O4. The number of benzene rings is 2. The molecule has 1 aromatic heterocycles. The Bertz CT molecular complexity index is 973. The van der Waals surface area contributed by atoms with E-state index in [4.69, 9.17) is 20.9 Å². The van der Waals surface area contributed by atoms with Crippen LogP contribution in [0.4, 0.5) is 10.1 Å². The maximum absolute atomic E-state index is 13.1. The Hall–Kier alpha value is -2.93. The molecule has 8 heteroatoms. The lowest BCUT2D eigenvalue weighted by molar-refractivity contribution is -0.152. The monoisotopic (exact) mass is 376 g/mol. The summed E-state index contributed by atoms with van der Waals surface area (Å²) in [5.74, 6) is -1.78. The predicted octanol–water partition coefficient (Wildman–Crippen LogP) is 3.73. The second-order valence-electron chi connectivity index (χ2n) is 5.55. The van der Waals surface area contributed by atoms with E-state index in [0.29, 0.717) is 22.4 Å². The van der Waals surface area contributed by atoms with Crippen LogP contribution < -0.4 is 5.32 Å². The number of hydrogen-bond acceptors (Lipinski definition) is 5. The molecule has 0 aliphatic heterocycles. The lowest BCUT2D eigenvalue weighted by atomic mass is 10.2. The van der Waals surface area contributed by atoms with Gasteiger partial charge in [-0.1, -0.05) is 28.9 Å². The Morgan fingerprint density at radius 2 is 2.08 bits per heavy atom. The van der Waals surface area contributed by atoms with Crippen LogP contribution >= 0.6 is 11.6 Å². The van der Waals surface area contributed by atoms with Gasteiger partial charge in [-0.15, -0.1) is 0 Å². The Morgan fingerprint density at radius 3 is 2.85 bits per heavy atom. The molecule has 6 nitrogen and oxygen atoms in total. The number of fused-ring (bicyclic) bond motifs is 1. The number of esters is 1. The van der Waals surface area contributed by atoms with Gasteiger partial charge in [0.05, 0.1) is 11.4 Å². The van der Waals surface area contributed by atoms with Gasteiger partial charge in [0.25, 0.3) is 5.91 Å². The van der Waals surface area contributed by atoms with Crippen molar-refractivity contribution in [2.75, 3.05) is 5.32 Å². The molecule has 0 radical (unpaired) electrons. The van der Waals surface area contributed by atoms with Crippen molar-refractivity contribution >= 4 is 40.1 Å². The fourth-order valence-corrected chi connectivity index (χ4v) is 2.49. The largest absolute Gasteiger partial charge is 0.452 e. The normalized spacial score (nSPS) is 12.0. The van der Waals surface area contributed by atoms with Gasteiger partial charge in [0.2, 0.25) is 0 Å². The molecule has 3 rings (SSSR count). The van der Waals surface area contributed by atoms with Crippen LogP contribution in [0.25, 0.3) is 11.0 Å². The van der Waals surface area contributed by atoms with Crippen molar-refractivity contribution in [2.45, 2.75) is 19.4 Å². The third-order valence-electron chi connectivity index (χ3n) is 3.63. The van der Waals surface area contributed by atoms with Crippen LogP contribution in [0.3, 0.4) is 0 Å². The van der Waals surface area contributed by atoms with Crippen molar-refractivity contribution in [1.82, 2.24) is 5.16 Å². The minimum atomic E-state index is -1.05. The number of rotatable bonds is 5. The number of ether oxygens (including phenoxy) is 1. The molecule has 0 unspecified atom stereocenters. The molecule has 0 saturated heterocycles. The zero-order chi connectivity index (χ0) is 18.7. The molecule has 2 aromatic carbocycles. The van der Waals surface area contributed by atoms with E-state index in [9.17, 15) is 14.0 Å². The van der Waals surface area contributed by atoms with Crippen molar-refractivity contribution in [2.24, 2.45) is 0 Å². The third-order valence-corrected chi connectivity index (χ3v) is 3.92. The fourth-order valence-electron chi connectivity index (χ4n) is 2.31. The Labute approximate surface area is 152 Å². The maximum Gasteiger partial charge on any atom is 0.312 e. The smallest absolute Gasteiger partial charge is 0.312 e. The molecule has 0 spiro atoms. The number of aromatic nitrogens is 1. The first kappa shape index (κ1) is 17.9. The second kappa shape index (κ2) is 7.53. The SMILES string of the molecule is C[C@H](OC(=O)Cc1noc2ccccc12)C(=O)Nc1ccc(F)c(Cl)c1. The van der Waals surface area contributed by atoms with Gasteiger partial charge < -0.3 is 14.6 Å². The van der Waals surface area contributed by atoms with Gasteiger partial charge in [-0.2, -0.15) is 0 Å². The van der Waals surface area contributed by atoms with Crippen molar-refractivity contribution in [3.63, 3.8) is 0 Å². The summed E-state index contributed by atoms with van der Waals surface area (Å²) in [6, 6.07) is 10.9. The van der Waals surface area contributed by atoms with E-state index in [0.717, 1.165) is 6.07 Å². The van der Waals surface area contributed by atoms with E-state index >= 15 is 0 Å². The molecule has 0 saturated carbocycles. The van der Waals surface area contributed by atoms with E-state index in [1.165, 1.54) is 19.1 Å². The summed E-state index contributed by atoms with van der Waals surface area (Å²) in [7, 11) is 0. The maximum atomic E-state index is 13.1. The van der Waals surface area contributed by atoms with Crippen molar-refractivity contribution in [3.8, 4) is 0 Å². The van der Waals surface area contributed by atoms with Gasteiger partial charge >= 0.3 is 5.97 Å².